The maximum Gasteiger partial charge on any atom is 0.163 e. The fraction of sp³-hybridized carbons (Fsp3) is 0.688. The van der Waals surface area contributed by atoms with Gasteiger partial charge in [-0.15, -0.1) is 0 Å². The fourth-order valence-corrected chi connectivity index (χ4v) is 4.89. The van der Waals surface area contributed by atoms with Gasteiger partial charge >= 0.3 is 0 Å². The van der Waals surface area contributed by atoms with E-state index >= 15 is 0 Å². The molecule has 2 atom stereocenters. The minimum atomic E-state index is 0.409. The van der Waals surface area contributed by atoms with Crippen LogP contribution < -0.4 is 4.90 Å². The summed E-state index contributed by atoms with van der Waals surface area (Å²) in [5.74, 6) is 1.07. The van der Waals surface area contributed by atoms with Gasteiger partial charge in [0.05, 0.1) is 11.6 Å². The molecule has 2 aromatic heterocycles. The zero-order valence-electron chi connectivity index (χ0n) is 13.3. The Morgan fingerprint density at radius 1 is 1.19 bits per heavy atom. The summed E-state index contributed by atoms with van der Waals surface area (Å²) in [5.41, 5.74) is 1.75. The first-order chi connectivity index (χ1) is 9.87. The second kappa shape index (κ2) is 3.96. The van der Waals surface area contributed by atoms with Crippen LogP contribution >= 0.6 is 0 Å². The van der Waals surface area contributed by atoms with Crippen LogP contribution in [0.4, 0.5) is 5.82 Å². The smallest absolute Gasteiger partial charge is 0.163 e. The Morgan fingerprint density at radius 3 is 2.81 bits per heavy atom. The average molecular weight is 285 g/mol. The predicted molar refractivity (Wildman–Crippen MR) is 83.2 cm³/mol. The summed E-state index contributed by atoms with van der Waals surface area (Å²) >= 11 is 0. The highest BCUT2D eigenvalue weighted by molar-refractivity contribution is 5.87. The van der Waals surface area contributed by atoms with E-state index < -0.39 is 0 Å². The van der Waals surface area contributed by atoms with Crippen molar-refractivity contribution in [3.8, 4) is 0 Å². The van der Waals surface area contributed by atoms with Gasteiger partial charge in [0.2, 0.25) is 0 Å². The molecule has 2 unspecified atom stereocenters. The van der Waals surface area contributed by atoms with Gasteiger partial charge in [-0.05, 0) is 30.1 Å². The van der Waals surface area contributed by atoms with Gasteiger partial charge in [-0.3, -0.25) is 4.68 Å². The number of hydrogen-bond donors (Lipinski definition) is 0. The van der Waals surface area contributed by atoms with Crippen LogP contribution in [-0.2, 0) is 7.05 Å². The monoisotopic (exact) mass is 285 g/mol. The summed E-state index contributed by atoms with van der Waals surface area (Å²) in [4.78, 5) is 11.5. The van der Waals surface area contributed by atoms with Gasteiger partial charge in [-0.1, -0.05) is 20.8 Å². The van der Waals surface area contributed by atoms with E-state index in [4.69, 9.17) is 0 Å². The largest absolute Gasteiger partial charge is 0.352 e. The lowest BCUT2D eigenvalue weighted by Gasteiger charge is -2.39. The Kier molecular flexibility index (Phi) is 2.46. The molecule has 2 aromatic rings. The second-order valence-electron chi connectivity index (χ2n) is 8.04. The number of aryl methyl sites for hydroxylation is 1. The van der Waals surface area contributed by atoms with E-state index in [0.717, 1.165) is 23.4 Å². The first-order valence-corrected chi connectivity index (χ1v) is 7.76. The molecule has 5 nitrogen and oxygen atoms in total. The molecular formula is C16H23N5. The topological polar surface area (TPSA) is 46.8 Å². The van der Waals surface area contributed by atoms with Crippen molar-refractivity contribution in [1.29, 1.82) is 0 Å². The van der Waals surface area contributed by atoms with E-state index in [0.29, 0.717) is 16.9 Å². The molecule has 112 valence electrons. The van der Waals surface area contributed by atoms with Crippen molar-refractivity contribution in [2.45, 2.75) is 46.1 Å². The molecule has 0 amide bonds. The van der Waals surface area contributed by atoms with Crippen molar-refractivity contribution in [2.24, 2.45) is 17.9 Å². The van der Waals surface area contributed by atoms with Crippen molar-refractivity contribution in [1.82, 2.24) is 19.7 Å². The molecule has 2 fully saturated rings. The molecule has 1 saturated heterocycles. The van der Waals surface area contributed by atoms with E-state index in [1.54, 1.807) is 6.33 Å². The van der Waals surface area contributed by atoms with Gasteiger partial charge in [0.25, 0.3) is 0 Å². The molecule has 0 N–H and O–H groups in total. The lowest BCUT2D eigenvalue weighted by atomic mass is 9.65. The molecule has 2 aliphatic rings. The van der Waals surface area contributed by atoms with Gasteiger partial charge in [0.1, 0.15) is 12.1 Å². The number of hydrogen-bond acceptors (Lipinski definition) is 4. The summed E-state index contributed by atoms with van der Waals surface area (Å²) in [5, 5.41) is 5.42. The lowest BCUT2D eigenvalue weighted by molar-refractivity contribution is 0.136. The van der Waals surface area contributed by atoms with Crippen LogP contribution in [0.5, 0.6) is 0 Å². The molecule has 0 aromatic carbocycles. The van der Waals surface area contributed by atoms with Crippen LogP contribution in [0.3, 0.4) is 0 Å². The Morgan fingerprint density at radius 2 is 2.00 bits per heavy atom. The lowest BCUT2D eigenvalue weighted by Crippen LogP contribution is -2.35. The summed E-state index contributed by atoms with van der Waals surface area (Å²) in [7, 11) is 1.94. The Bertz CT molecular complexity index is 704. The zero-order valence-corrected chi connectivity index (χ0v) is 13.3. The molecule has 21 heavy (non-hydrogen) atoms. The number of nitrogens with zero attached hydrogens (tertiary/aromatic N) is 5. The van der Waals surface area contributed by atoms with Gasteiger partial charge < -0.3 is 4.90 Å². The normalized spacial score (nSPS) is 31.0. The van der Waals surface area contributed by atoms with Crippen LogP contribution in [0.1, 0.15) is 40.0 Å². The van der Waals surface area contributed by atoms with Crippen molar-refractivity contribution < 1.29 is 0 Å². The summed E-state index contributed by atoms with van der Waals surface area (Å²) in [6.45, 7) is 8.34. The van der Waals surface area contributed by atoms with Crippen LogP contribution in [0, 0.1) is 10.8 Å². The van der Waals surface area contributed by atoms with E-state index in [9.17, 15) is 0 Å². The minimum Gasteiger partial charge on any atom is -0.352 e. The fourth-order valence-electron chi connectivity index (χ4n) is 4.89. The summed E-state index contributed by atoms with van der Waals surface area (Å²) in [6.07, 6.45) is 7.40. The van der Waals surface area contributed by atoms with Gasteiger partial charge in [0, 0.05) is 19.6 Å². The van der Waals surface area contributed by atoms with Crippen LogP contribution in [0.15, 0.2) is 12.5 Å². The number of aromatic nitrogens is 4. The average Bonchev–Trinajstić information content (AvgIpc) is 2.87. The van der Waals surface area contributed by atoms with Gasteiger partial charge in [0.15, 0.2) is 5.65 Å². The molecule has 2 bridgehead atoms. The SMILES string of the molecule is Cn1ncc2c(N3CC4(C)CC3CC(C)(C)C4)ncnc21. The van der Waals surface area contributed by atoms with Crippen molar-refractivity contribution in [2.75, 3.05) is 11.4 Å². The van der Waals surface area contributed by atoms with E-state index in [-0.39, 0.29) is 0 Å². The first kappa shape index (κ1) is 13.0. The third kappa shape index (κ3) is 1.93. The number of rotatable bonds is 1. The Labute approximate surface area is 125 Å². The van der Waals surface area contributed by atoms with E-state index in [1.807, 2.05) is 17.9 Å². The maximum atomic E-state index is 4.60. The zero-order chi connectivity index (χ0) is 14.8. The molecule has 5 heteroatoms. The number of fused-ring (bicyclic) bond motifs is 3. The van der Waals surface area contributed by atoms with Gasteiger partial charge in [-0.25, -0.2) is 9.97 Å². The minimum absolute atomic E-state index is 0.409. The second-order valence-corrected chi connectivity index (χ2v) is 8.04. The molecule has 1 saturated carbocycles. The molecule has 1 aliphatic carbocycles. The van der Waals surface area contributed by atoms with E-state index in [2.05, 4.69) is 40.7 Å². The highest BCUT2D eigenvalue weighted by Crippen LogP contribution is 2.53. The highest BCUT2D eigenvalue weighted by atomic mass is 15.3. The van der Waals surface area contributed by atoms with Crippen molar-refractivity contribution >= 4 is 16.9 Å². The quantitative estimate of drug-likeness (QED) is 0.808. The Hall–Kier alpha value is -1.65. The third-order valence-corrected chi connectivity index (χ3v) is 5.20. The van der Waals surface area contributed by atoms with Gasteiger partial charge in [-0.2, -0.15) is 5.10 Å². The molecule has 1 aliphatic heterocycles. The van der Waals surface area contributed by atoms with Crippen LogP contribution in [0.25, 0.3) is 11.0 Å². The molecule has 0 radical (unpaired) electrons. The molecular weight excluding hydrogens is 262 g/mol. The van der Waals surface area contributed by atoms with Crippen molar-refractivity contribution in [3.63, 3.8) is 0 Å². The predicted octanol–water partition coefficient (Wildman–Crippen LogP) is 2.77. The molecule has 4 rings (SSSR count). The summed E-state index contributed by atoms with van der Waals surface area (Å²) in [6, 6.07) is 0.594. The number of anilines is 1. The highest BCUT2D eigenvalue weighted by Gasteiger charge is 2.50. The standard InChI is InChI=1S/C16H23N5/c1-15(2)5-11-6-16(3,8-15)9-21(11)14-12-7-19-20(4)13(12)17-10-18-14/h7,10-11H,5-6,8-9H2,1-4H3. The van der Waals surface area contributed by atoms with Crippen LogP contribution in [-0.4, -0.2) is 32.3 Å². The maximum absolute atomic E-state index is 4.60. The third-order valence-electron chi connectivity index (χ3n) is 5.20. The molecule has 0 spiro atoms. The summed E-state index contributed by atoms with van der Waals surface area (Å²) < 4.78 is 1.83. The first-order valence-electron chi connectivity index (χ1n) is 7.76. The van der Waals surface area contributed by atoms with Crippen molar-refractivity contribution in [3.05, 3.63) is 12.5 Å². The van der Waals surface area contributed by atoms with Crippen LogP contribution in [0.2, 0.25) is 0 Å². The Balaban J connectivity index is 1.80. The molecule has 3 heterocycles. The van der Waals surface area contributed by atoms with E-state index in [1.165, 1.54) is 19.3 Å².